The molecule has 0 aliphatic heterocycles. The normalized spacial score (nSPS) is 11.5. The number of nitrogens with zero attached hydrogens (tertiary/aromatic N) is 2. The van der Waals surface area contributed by atoms with Crippen molar-refractivity contribution in [3.05, 3.63) is 71.8 Å². The summed E-state index contributed by atoms with van der Waals surface area (Å²) in [5.74, 6) is 0. The van der Waals surface area contributed by atoms with Crippen molar-refractivity contribution in [2.24, 2.45) is 9.98 Å². The molecule has 0 unspecified atom stereocenters. The number of hydrogen-bond donors (Lipinski definition) is 2. The second-order valence-corrected chi connectivity index (χ2v) is 5.75. The second kappa shape index (κ2) is 13.0. The lowest BCUT2D eigenvalue weighted by Gasteiger charge is -2.04. The van der Waals surface area contributed by atoms with Gasteiger partial charge in [-0.1, -0.05) is 60.7 Å². The van der Waals surface area contributed by atoms with Crippen molar-refractivity contribution in [2.75, 3.05) is 39.3 Å². The fourth-order valence-corrected chi connectivity index (χ4v) is 2.29. The van der Waals surface area contributed by atoms with Crippen LogP contribution >= 0.6 is 0 Å². The van der Waals surface area contributed by atoms with Crippen LogP contribution in [0.15, 0.2) is 70.6 Å². The van der Waals surface area contributed by atoms with E-state index in [0.29, 0.717) is 0 Å². The Morgan fingerprint density at radius 1 is 0.600 bits per heavy atom. The van der Waals surface area contributed by atoms with Crippen molar-refractivity contribution in [1.82, 2.24) is 10.6 Å². The molecule has 2 aromatic rings. The molecule has 4 heteroatoms. The fraction of sp³-hybridized carbons (Fsp3) is 0.333. The summed E-state index contributed by atoms with van der Waals surface area (Å²) in [6.07, 6.45) is 4.98. The van der Waals surface area contributed by atoms with Crippen molar-refractivity contribution >= 4 is 12.4 Å². The third-order valence-corrected chi connectivity index (χ3v) is 3.62. The Kier molecular flexibility index (Phi) is 9.93. The molecule has 2 aromatic carbocycles. The maximum atomic E-state index is 4.42. The smallest absolute Gasteiger partial charge is 0.0514 e. The molecule has 4 nitrogen and oxygen atoms in total. The van der Waals surface area contributed by atoms with E-state index in [0.717, 1.165) is 56.8 Å². The van der Waals surface area contributed by atoms with Crippen LogP contribution < -0.4 is 10.6 Å². The van der Waals surface area contributed by atoms with Crippen LogP contribution in [-0.2, 0) is 0 Å². The van der Waals surface area contributed by atoms with Crippen molar-refractivity contribution in [2.45, 2.75) is 6.42 Å². The van der Waals surface area contributed by atoms with Crippen molar-refractivity contribution in [3.8, 4) is 0 Å². The molecular formula is C21H28N4. The maximum Gasteiger partial charge on any atom is 0.0514 e. The van der Waals surface area contributed by atoms with Gasteiger partial charge in [0.1, 0.15) is 0 Å². The molecule has 0 bridgehead atoms. The number of benzene rings is 2. The van der Waals surface area contributed by atoms with Gasteiger partial charge in [-0.25, -0.2) is 0 Å². The average molecular weight is 336 g/mol. The number of hydrogen-bond acceptors (Lipinski definition) is 4. The molecule has 132 valence electrons. The van der Waals surface area contributed by atoms with Crippen LogP contribution in [0.1, 0.15) is 17.5 Å². The predicted octanol–water partition coefficient (Wildman–Crippen LogP) is 2.79. The van der Waals surface area contributed by atoms with Gasteiger partial charge in [0.05, 0.1) is 13.1 Å². The van der Waals surface area contributed by atoms with Crippen LogP contribution in [0.2, 0.25) is 0 Å². The molecule has 0 saturated carbocycles. The Morgan fingerprint density at radius 3 is 1.48 bits per heavy atom. The molecule has 0 spiro atoms. The van der Waals surface area contributed by atoms with E-state index in [2.05, 4.69) is 44.9 Å². The summed E-state index contributed by atoms with van der Waals surface area (Å²) in [7, 11) is 0. The quantitative estimate of drug-likeness (QED) is 0.462. The first kappa shape index (κ1) is 19.0. The van der Waals surface area contributed by atoms with E-state index in [9.17, 15) is 0 Å². The van der Waals surface area contributed by atoms with E-state index in [1.165, 1.54) is 0 Å². The van der Waals surface area contributed by atoms with Gasteiger partial charge in [0, 0.05) is 25.5 Å². The zero-order chi connectivity index (χ0) is 17.4. The lowest BCUT2D eigenvalue weighted by molar-refractivity contribution is 0.603. The molecule has 0 heterocycles. The second-order valence-electron chi connectivity index (χ2n) is 5.75. The molecular weight excluding hydrogens is 308 g/mol. The summed E-state index contributed by atoms with van der Waals surface area (Å²) in [6, 6.07) is 20.4. The van der Waals surface area contributed by atoms with Crippen molar-refractivity contribution in [1.29, 1.82) is 0 Å². The highest BCUT2D eigenvalue weighted by atomic mass is 14.9. The van der Waals surface area contributed by atoms with Crippen LogP contribution in [0.4, 0.5) is 0 Å². The minimum absolute atomic E-state index is 0.816. The molecule has 0 saturated heterocycles. The lowest BCUT2D eigenvalue weighted by atomic mass is 10.2. The summed E-state index contributed by atoms with van der Waals surface area (Å²) in [5, 5.41) is 6.82. The highest BCUT2D eigenvalue weighted by Crippen LogP contribution is 1.94. The molecule has 2 N–H and O–H groups in total. The van der Waals surface area contributed by atoms with E-state index in [4.69, 9.17) is 0 Å². The SMILES string of the molecule is C(=NCCNCCCNCCN=Cc1ccccc1)c1ccccc1. The number of rotatable bonds is 12. The molecule has 0 radical (unpaired) electrons. The van der Waals surface area contributed by atoms with E-state index in [1.54, 1.807) is 0 Å². The van der Waals surface area contributed by atoms with E-state index >= 15 is 0 Å². The maximum absolute atomic E-state index is 4.42. The van der Waals surface area contributed by atoms with Gasteiger partial charge in [0.15, 0.2) is 0 Å². The third kappa shape index (κ3) is 9.55. The Labute approximate surface area is 151 Å². The minimum atomic E-state index is 0.816. The van der Waals surface area contributed by atoms with E-state index in [-0.39, 0.29) is 0 Å². The zero-order valence-electron chi connectivity index (χ0n) is 14.8. The monoisotopic (exact) mass is 336 g/mol. The number of aliphatic imine (C=N–C) groups is 2. The molecule has 0 aliphatic rings. The molecule has 0 atom stereocenters. The first-order chi connectivity index (χ1) is 12.4. The van der Waals surface area contributed by atoms with Crippen LogP contribution in [0.3, 0.4) is 0 Å². The van der Waals surface area contributed by atoms with Crippen LogP contribution in [0, 0.1) is 0 Å². The Morgan fingerprint density at radius 2 is 1.04 bits per heavy atom. The summed E-state index contributed by atoms with van der Waals surface area (Å²) >= 11 is 0. The van der Waals surface area contributed by atoms with Gasteiger partial charge < -0.3 is 10.6 Å². The predicted molar refractivity (Wildman–Crippen MR) is 108 cm³/mol. The van der Waals surface area contributed by atoms with Gasteiger partial charge in [-0.15, -0.1) is 0 Å². The highest BCUT2D eigenvalue weighted by Gasteiger charge is 1.89. The van der Waals surface area contributed by atoms with Gasteiger partial charge in [0.25, 0.3) is 0 Å². The van der Waals surface area contributed by atoms with E-state index < -0.39 is 0 Å². The average Bonchev–Trinajstić information content (AvgIpc) is 2.67. The van der Waals surface area contributed by atoms with Gasteiger partial charge in [-0.3, -0.25) is 9.98 Å². The Bertz CT molecular complexity index is 553. The molecule has 0 aromatic heterocycles. The van der Waals surface area contributed by atoms with E-state index in [1.807, 2.05) is 48.8 Å². The topological polar surface area (TPSA) is 48.8 Å². The Hall–Kier alpha value is -2.30. The summed E-state index contributed by atoms with van der Waals surface area (Å²) < 4.78 is 0. The van der Waals surface area contributed by atoms with Gasteiger partial charge in [-0.05, 0) is 30.6 Å². The minimum Gasteiger partial charge on any atom is -0.315 e. The summed E-state index contributed by atoms with van der Waals surface area (Å²) in [4.78, 5) is 8.83. The van der Waals surface area contributed by atoms with Crippen LogP contribution in [0.25, 0.3) is 0 Å². The highest BCUT2D eigenvalue weighted by molar-refractivity contribution is 5.79. The summed E-state index contributed by atoms with van der Waals surface area (Å²) in [5.41, 5.74) is 2.31. The molecule has 0 amide bonds. The van der Waals surface area contributed by atoms with Crippen molar-refractivity contribution < 1.29 is 0 Å². The molecule has 25 heavy (non-hydrogen) atoms. The van der Waals surface area contributed by atoms with Gasteiger partial charge in [-0.2, -0.15) is 0 Å². The summed E-state index contributed by atoms with van der Waals surface area (Å²) in [6.45, 7) is 5.50. The standard InChI is InChI=1S/C21H28N4/c1-3-8-20(9-4-1)18-24-16-14-22-12-7-13-23-15-17-25-19-21-10-5-2-6-11-21/h1-6,8-11,18-19,22-23H,7,12-17H2. The van der Waals surface area contributed by atoms with Gasteiger partial charge in [0.2, 0.25) is 0 Å². The lowest BCUT2D eigenvalue weighted by Crippen LogP contribution is -2.25. The third-order valence-electron chi connectivity index (χ3n) is 3.62. The van der Waals surface area contributed by atoms with Crippen LogP contribution in [0.5, 0.6) is 0 Å². The molecule has 0 fully saturated rings. The van der Waals surface area contributed by atoms with Gasteiger partial charge >= 0.3 is 0 Å². The Balaban J connectivity index is 1.37. The fourth-order valence-electron chi connectivity index (χ4n) is 2.29. The zero-order valence-corrected chi connectivity index (χ0v) is 14.8. The van der Waals surface area contributed by atoms with Crippen molar-refractivity contribution in [3.63, 3.8) is 0 Å². The largest absolute Gasteiger partial charge is 0.315 e. The first-order valence-electron chi connectivity index (χ1n) is 8.96. The molecule has 2 rings (SSSR count). The van der Waals surface area contributed by atoms with Crippen LogP contribution in [-0.4, -0.2) is 51.7 Å². The number of nitrogens with one attached hydrogen (secondary N) is 2. The first-order valence-corrected chi connectivity index (χ1v) is 8.96. The molecule has 0 aliphatic carbocycles.